The predicted octanol–water partition coefficient (Wildman–Crippen LogP) is 5.05. The Morgan fingerprint density at radius 2 is 1.77 bits per heavy atom. The molecule has 0 unspecified atom stereocenters. The smallest absolute Gasteiger partial charge is 0.260 e. The Bertz CT molecular complexity index is 1040. The fourth-order valence-electron chi connectivity index (χ4n) is 3.60. The Morgan fingerprint density at radius 1 is 1.06 bits per heavy atom. The molecule has 8 heteroatoms. The van der Waals surface area contributed by atoms with Crippen LogP contribution in [-0.2, 0) is 0 Å². The van der Waals surface area contributed by atoms with Crippen LogP contribution in [0.15, 0.2) is 30.3 Å². The highest BCUT2D eigenvalue weighted by molar-refractivity contribution is 7.22. The van der Waals surface area contributed by atoms with Gasteiger partial charge < -0.3 is 14.4 Å². The largest absolute Gasteiger partial charge is 0.454 e. The summed E-state index contributed by atoms with van der Waals surface area (Å²) in [5.74, 6) is 1.42. The number of likely N-dealkylation sites (N-methyl/N-ethyl adjacent to an activating group) is 1. The van der Waals surface area contributed by atoms with E-state index < -0.39 is 0 Å². The van der Waals surface area contributed by atoms with Gasteiger partial charge in [0.25, 0.3) is 5.91 Å². The van der Waals surface area contributed by atoms with Gasteiger partial charge in [0, 0.05) is 30.8 Å². The first-order valence-electron chi connectivity index (χ1n) is 10.3. The van der Waals surface area contributed by atoms with Gasteiger partial charge in [-0.3, -0.25) is 9.69 Å². The molecule has 1 aromatic heterocycles. The number of amides is 1. The molecule has 0 aliphatic carbocycles. The maximum Gasteiger partial charge on any atom is 0.260 e. The topological polar surface area (TPSA) is 54.9 Å². The first kappa shape index (κ1) is 23.3. The number of fused-ring (bicyclic) bond motifs is 2. The highest BCUT2D eigenvalue weighted by atomic mass is 35.5. The van der Waals surface area contributed by atoms with Crippen molar-refractivity contribution in [3.63, 3.8) is 0 Å². The maximum atomic E-state index is 13.6. The van der Waals surface area contributed by atoms with Crippen molar-refractivity contribution in [2.24, 2.45) is 0 Å². The number of carbonyl (C=O) groups is 1. The molecule has 2 aromatic carbocycles. The van der Waals surface area contributed by atoms with Crippen molar-refractivity contribution in [3.05, 3.63) is 47.0 Å². The van der Waals surface area contributed by atoms with Crippen molar-refractivity contribution in [1.82, 2.24) is 9.88 Å². The van der Waals surface area contributed by atoms with Gasteiger partial charge in [-0.2, -0.15) is 0 Å². The SMILES string of the molecule is CCN(CC)CCN(C(=O)c1cc(C)ccc1C)c1nc2cc3c(cc2s1)OCO3.Cl. The van der Waals surface area contributed by atoms with Crippen LogP contribution in [0.3, 0.4) is 0 Å². The van der Waals surface area contributed by atoms with Gasteiger partial charge in [0.1, 0.15) is 0 Å². The van der Waals surface area contributed by atoms with Crippen LogP contribution in [0.1, 0.15) is 35.3 Å². The fraction of sp³-hybridized carbons (Fsp3) is 0.391. The first-order chi connectivity index (χ1) is 14.5. The number of aryl methyl sites for hydroxylation is 2. The lowest BCUT2D eigenvalue weighted by atomic mass is 10.0. The number of halogens is 1. The Morgan fingerprint density at radius 3 is 2.48 bits per heavy atom. The van der Waals surface area contributed by atoms with E-state index in [9.17, 15) is 4.79 Å². The van der Waals surface area contributed by atoms with Crippen molar-refractivity contribution >= 4 is 45.0 Å². The number of hydrogen-bond acceptors (Lipinski definition) is 6. The van der Waals surface area contributed by atoms with E-state index in [4.69, 9.17) is 14.5 Å². The second-order valence-electron chi connectivity index (χ2n) is 7.47. The van der Waals surface area contributed by atoms with Gasteiger partial charge in [-0.05, 0) is 38.6 Å². The van der Waals surface area contributed by atoms with E-state index in [1.807, 2.05) is 49.1 Å². The zero-order chi connectivity index (χ0) is 21.3. The molecule has 1 aliphatic heterocycles. The zero-order valence-electron chi connectivity index (χ0n) is 18.3. The van der Waals surface area contributed by atoms with Gasteiger partial charge in [-0.25, -0.2) is 4.98 Å². The number of nitrogens with zero attached hydrogens (tertiary/aromatic N) is 3. The molecular weight excluding hydrogens is 434 g/mol. The molecule has 0 spiro atoms. The normalized spacial score (nSPS) is 12.3. The van der Waals surface area contributed by atoms with E-state index in [2.05, 4.69) is 18.7 Å². The molecule has 0 radical (unpaired) electrons. The van der Waals surface area contributed by atoms with Gasteiger partial charge in [-0.1, -0.05) is 42.9 Å². The van der Waals surface area contributed by atoms with E-state index in [-0.39, 0.29) is 25.1 Å². The van der Waals surface area contributed by atoms with Crippen molar-refractivity contribution in [3.8, 4) is 11.5 Å². The van der Waals surface area contributed by atoms with Gasteiger partial charge in [-0.15, -0.1) is 12.4 Å². The summed E-state index contributed by atoms with van der Waals surface area (Å²) in [5.41, 5.74) is 3.59. The number of aromatic nitrogens is 1. The second kappa shape index (κ2) is 9.85. The van der Waals surface area contributed by atoms with Crippen LogP contribution in [0.4, 0.5) is 5.13 Å². The molecule has 2 heterocycles. The lowest BCUT2D eigenvalue weighted by molar-refractivity contribution is 0.0983. The molecule has 31 heavy (non-hydrogen) atoms. The molecule has 4 rings (SSSR count). The summed E-state index contributed by atoms with van der Waals surface area (Å²) >= 11 is 1.51. The van der Waals surface area contributed by atoms with Gasteiger partial charge in [0.05, 0.1) is 10.2 Å². The van der Waals surface area contributed by atoms with E-state index in [0.717, 1.165) is 52.3 Å². The van der Waals surface area contributed by atoms with E-state index in [0.29, 0.717) is 17.4 Å². The Labute approximate surface area is 193 Å². The van der Waals surface area contributed by atoms with E-state index in [1.54, 1.807) is 0 Å². The summed E-state index contributed by atoms with van der Waals surface area (Å²) in [6.07, 6.45) is 0. The summed E-state index contributed by atoms with van der Waals surface area (Å²) in [6.45, 7) is 11.8. The number of hydrogen-bond donors (Lipinski definition) is 0. The standard InChI is InChI=1S/C23H27N3O3S.ClH/c1-5-25(6-2)9-10-26(22(27)17-11-15(3)7-8-16(17)4)23-24-18-12-19-20(29-14-28-19)13-21(18)30-23;/h7-8,11-13H,5-6,9-10,14H2,1-4H3;1H. The van der Waals surface area contributed by atoms with E-state index >= 15 is 0 Å². The highest BCUT2D eigenvalue weighted by Gasteiger charge is 2.24. The van der Waals surface area contributed by atoms with Crippen LogP contribution < -0.4 is 14.4 Å². The lowest BCUT2D eigenvalue weighted by Gasteiger charge is -2.25. The minimum Gasteiger partial charge on any atom is -0.454 e. The Balaban J connectivity index is 0.00000272. The lowest BCUT2D eigenvalue weighted by Crippen LogP contribution is -2.39. The minimum absolute atomic E-state index is 0. The van der Waals surface area contributed by atoms with Gasteiger partial charge in [0.15, 0.2) is 16.6 Å². The summed E-state index contributed by atoms with van der Waals surface area (Å²) in [4.78, 5) is 22.5. The summed E-state index contributed by atoms with van der Waals surface area (Å²) in [5, 5.41) is 0.701. The third kappa shape index (κ3) is 4.79. The first-order valence-corrected chi connectivity index (χ1v) is 11.1. The van der Waals surface area contributed by atoms with Crippen molar-refractivity contribution in [2.45, 2.75) is 27.7 Å². The average molecular weight is 462 g/mol. The molecule has 6 nitrogen and oxygen atoms in total. The van der Waals surface area contributed by atoms with Crippen LogP contribution in [0, 0.1) is 13.8 Å². The fourth-order valence-corrected chi connectivity index (χ4v) is 4.60. The molecule has 0 atom stereocenters. The number of thiazole rings is 1. The summed E-state index contributed by atoms with van der Waals surface area (Å²) in [7, 11) is 0. The van der Waals surface area contributed by atoms with Crippen LogP contribution in [-0.4, -0.2) is 48.8 Å². The molecule has 1 amide bonds. The molecule has 1 aliphatic rings. The molecule has 0 bridgehead atoms. The molecule has 0 fully saturated rings. The quantitative estimate of drug-likeness (QED) is 0.492. The van der Waals surface area contributed by atoms with Crippen molar-refractivity contribution < 1.29 is 14.3 Å². The number of anilines is 1. The van der Waals surface area contributed by atoms with Crippen LogP contribution >= 0.6 is 23.7 Å². The maximum absolute atomic E-state index is 13.6. The highest BCUT2D eigenvalue weighted by Crippen LogP contribution is 2.40. The Hall–Kier alpha value is -2.35. The molecule has 3 aromatic rings. The molecule has 0 saturated heterocycles. The number of ether oxygens (including phenoxy) is 2. The average Bonchev–Trinajstić information content (AvgIpc) is 3.36. The molecule has 0 saturated carbocycles. The third-order valence-electron chi connectivity index (χ3n) is 5.51. The number of benzene rings is 2. The van der Waals surface area contributed by atoms with Crippen molar-refractivity contribution in [2.75, 3.05) is 37.9 Å². The van der Waals surface area contributed by atoms with Crippen LogP contribution in [0.2, 0.25) is 0 Å². The summed E-state index contributed by atoms with van der Waals surface area (Å²) < 4.78 is 12.0. The molecular formula is C23H28ClN3O3S. The van der Waals surface area contributed by atoms with Crippen LogP contribution in [0.5, 0.6) is 11.5 Å². The molecule has 166 valence electrons. The van der Waals surface area contributed by atoms with Crippen LogP contribution in [0.25, 0.3) is 10.2 Å². The Kier molecular flexibility index (Phi) is 7.41. The minimum atomic E-state index is -0.0116. The zero-order valence-corrected chi connectivity index (χ0v) is 19.9. The summed E-state index contributed by atoms with van der Waals surface area (Å²) in [6, 6.07) is 9.84. The van der Waals surface area contributed by atoms with Crippen molar-refractivity contribution in [1.29, 1.82) is 0 Å². The third-order valence-corrected chi connectivity index (χ3v) is 6.55. The second-order valence-corrected chi connectivity index (χ2v) is 8.48. The predicted molar refractivity (Wildman–Crippen MR) is 128 cm³/mol. The number of carbonyl (C=O) groups excluding carboxylic acids is 1. The van der Waals surface area contributed by atoms with E-state index in [1.165, 1.54) is 11.3 Å². The molecule has 0 N–H and O–H groups in total. The van der Waals surface area contributed by atoms with Gasteiger partial charge >= 0.3 is 0 Å². The monoisotopic (exact) mass is 461 g/mol. The van der Waals surface area contributed by atoms with Gasteiger partial charge in [0.2, 0.25) is 6.79 Å². The number of rotatable bonds is 7.